The molecule has 0 bridgehead atoms. The lowest BCUT2D eigenvalue weighted by Gasteiger charge is -2.09. The van der Waals surface area contributed by atoms with E-state index in [0.717, 1.165) is 10.0 Å². The monoisotopic (exact) mass is 568 g/mol. The molecule has 0 saturated carbocycles. The second kappa shape index (κ2) is 10.1. The zero-order valence-corrected chi connectivity index (χ0v) is 20.6. The van der Waals surface area contributed by atoms with Crippen molar-refractivity contribution in [3.63, 3.8) is 0 Å². The number of amides is 1. The summed E-state index contributed by atoms with van der Waals surface area (Å²) in [6.45, 7) is 1.60. The number of aryl methyl sites for hydroxylation is 1. The first kappa shape index (κ1) is 22.9. The molecule has 9 heteroatoms. The number of carbonyl (C=O) groups excluding carboxylic acids is 1. The smallest absolute Gasteiger partial charge is 0.282 e. The summed E-state index contributed by atoms with van der Waals surface area (Å²) < 4.78 is 8.33. The molecule has 0 aliphatic heterocycles. The number of halogens is 2. The maximum Gasteiger partial charge on any atom is 0.282 e. The van der Waals surface area contributed by atoms with Gasteiger partial charge in [0, 0.05) is 10.2 Å². The summed E-state index contributed by atoms with van der Waals surface area (Å²) in [5.74, 6) is 0.736. The molecule has 1 amide bonds. The van der Waals surface area contributed by atoms with Crippen molar-refractivity contribution >= 4 is 60.6 Å². The Morgan fingerprint density at radius 2 is 1.91 bits per heavy atom. The molecule has 4 rings (SSSR count). The van der Waals surface area contributed by atoms with Gasteiger partial charge in [-0.2, -0.15) is 9.78 Å². The highest BCUT2D eigenvalue weighted by atomic mass is 79.9. The second-order valence-corrected chi connectivity index (χ2v) is 8.84. The lowest BCUT2D eigenvalue weighted by Crippen LogP contribution is -2.20. The van der Waals surface area contributed by atoms with Gasteiger partial charge in [-0.1, -0.05) is 34.1 Å². The number of ether oxygens (including phenoxy) is 1. The third kappa shape index (κ3) is 5.55. The molecular formula is C24H18Br2N4O3. The van der Waals surface area contributed by atoms with Gasteiger partial charge in [-0.15, -0.1) is 0 Å². The lowest BCUT2D eigenvalue weighted by molar-refractivity contribution is -0.118. The average molecular weight is 570 g/mol. The van der Waals surface area contributed by atoms with E-state index in [1.165, 1.54) is 4.68 Å². The van der Waals surface area contributed by atoms with Crippen molar-refractivity contribution in [1.29, 1.82) is 0 Å². The minimum absolute atomic E-state index is 0.131. The summed E-state index contributed by atoms with van der Waals surface area (Å²) in [6.07, 6.45) is 1.57. The fourth-order valence-corrected chi connectivity index (χ4v) is 3.97. The first-order valence-corrected chi connectivity index (χ1v) is 11.5. The van der Waals surface area contributed by atoms with Crippen LogP contribution in [0.15, 0.2) is 85.6 Å². The van der Waals surface area contributed by atoms with E-state index in [-0.39, 0.29) is 18.1 Å². The first-order chi connectivity index (χ1) is 15.9. The van der Waals surface area contributed by atoms with Crippen LogP contribution < -0.4 is 15.6 Å². The van der Waals surface area contributed by atoms with Crippen molar-refractivity contribution in [2.24, 2.45) is 5.10 Å². The van der Waals surface area contributed by atoms with Crippen LogP contribution in [0.4, 0.5) is 5.69 Å². The number of rotatable bonds is 6. The van der Waals surface area contributed by atoms with Crippen LogP contribution in [-0.2, 0) is 4.79 Å². The zero-order chi connectivity index (χ0) is 23.4. The molecule has 0 aliphatic rings. The number of anilines is 1. The molecule has 0 aliphatic carbocycles. The number of fused-ring (bicyclic) bond motifs is 1. The maximum atomic E-state index is 12.8. The summed E-state index contributed by atoms with van der Waals surface area (Å²) in [5.41, 5.74) is 1.81. The Kier molecular flexibility index (Phi) is 7.00. The number of carbonyl (C=O) groups is 1. The van der Waals surface area contributed by atoms with Crippen LogP contribution in [0.5, 0.6) is 5.75 Å². The zero-order valence-electron chi connectivity index (χ0n) is 17.5. The number of benzene rings is 3. The third-order valence-electron chi connectivity index (χ3n) is 4.66. The largest absolute Gasteiger partial charge is 0.483 e. The fraction of sp³-hybridized carbons (Fsp3) is 0.0833. The van der Waals surface area contributed by atoms with E-state index in [1.807, 2.05) is 24.3 Å². The number of aromatic nitrogens is 2. The van der Waals surface area contributed by atoms with E-state index in [4.69, 9.17) is 4.74 Å². The molecule has 0 spiro atoms. The van der Waals surface area contributed by atoms with Gasteiger partial charge in [0.15, 0.2) is 6.61 Å². The van der Waals surface area contributed by atoms with Crippen LogP contribution >= 0.6 is 31.9 Å². The number of hydrogen-bond acceptors (Lipinski definition) is 5. The Hall–Kier alpha value is -3.30. The van der Waals surface area contributed by atoms with E-state index in [0.29, 0.717) is 32.6 Å². The quantitative estimate of drug-likeness (QED) is 0.326. The van der Waals surface area contributed by atoms with E-state index in [9.17, 15) is 9.59 Å². The molecule has 0 radical (unpaired) electrons. The summed E-state index contributed by atoms with van der Waals surface area (Å²) >= 11 is 6.84. The molecule has 1 heterocycles. The van der Waals surface area contributed by atoms with Gasteiger partial charge in [-0.05, 0) is 76.9 Å². The highest BCUT2D eigenvalue weighted by molar-refractivity contribution is 9.10. The molecule has 3 aromatic carbocycles. The molecule has 0 fully saturated rings. The molecule has 7 nitrogen and oxygen atoms in total. The predicted octanol–water partition coefficient (Wildman–Crippen LogP) is 5.13. The maximum absolute atomic E-state index is 12.8. The van der Waals surface area contributed by atoms with Crippen LogP contribution in [0.3, 0.4) is 0 Å². The second-order valence-electron chi connectivity index (χ2n) is 7.07. The van der Waals surface area contributed by atoms with Gasteiger partial charge in [0.05, 0.1) is 21.6 Å². The van der Waals surface area contributed by atoms with Gasteiger partial charge in [-0.3, -0.25) is 9.59 Å². The van der Waals surface area contributed by atoms with Crippen LogP contribution in [0.2, 0.25) is 0 Å². The Morgan fingerprint density at radius 1 is 1.12 bits per heavy atom. The first-order valence-electron chi connectivity index (χ1n) is 9.91. The van der Waals surface area contributed by atoms with Crippen molar-refractivity contribution in [1.82, 2.24) is 9.66 Å². The Balaban J connectivity index is 1.47. The molecule has 4 aromatic rings. The molecule has 0 saturated heterocycles. The fourth-order valence-electron chi connectivity index (χ4n) is 3.10. The molecule has 33 heavy (non-hydrogen) atoms. The van der Waals surface area contributed by atoms with Crippen LogP contribution in [0, 0.1) is 6.92 Å². The minimum Gasteiger partial charge on any atom is -0.483 e. The van der Waals surface area contributed by atoms with Crippen LogP contribution in [0.1, 0.15) is 11.4 Å². The van der Waals surface area contributed by atoms with Crippen LogP contribution in [-0.4, -0.2) is 28.4 Å². The Morgan fingerprint density at radius 3 is 2.67 bits per heavy atom. The summed E-state index contributed by atoms with van der Waals surface area (Å²) in [7, 11) is 0. The SMILES string of the molecule is Cc1nc2ccc(Br)cc2c(=O)n1N=Cc1ccc(OCC(=O)Nc2ccccc2)c(Br)c1. The third-order valence-corrected chi connectivity index (χ3v) is 5.78. The number of nitrogens with zero attached hydrogens (tertiary/aromatic N) is 3. The topological polar surface area (TPSA) is 85.6 Å². The minimum atomic E-state index is -0.260. The van der Waals surface area contributed by atoms with E-state index in [1.54, 1.807) is 55.6 Å². The molecule has 0 atom stereocenters. The van der Waals surface area contributed by atoms with Gasteiger partial charge in [0.2, 0.25) is 0 Å². The highest BCUT2D eigenvalue weighted by Gasteiger charge is 2.09. The standard InChI is InChI=1S/C24H18Br2N4O3/c1-15-28-21-9-8-17(25)12-19(21)24(32)30(15)27-13-16-7-10-22(20(26)11-16)33-14-23(31)29-18-5-3-2-4-6-18/h2-13H,14H2,1H3,(H,29,31). The van der Waals surface area contributed by atoms with E-state index >= 15 is 0 Å². The van der Waals surface area contributed by atoms with E-state index < -0.39 is 0 Å². The lowest BCUT2D eigenvalue weighted by atomic mass is 10.2. The van der Waals surface area contributed by atoms with Gasteiger partial charge in [0.1, 0.15) is 11.6 Å². The molecule has 1 N–H and O–H groups in total. The molecule has 0 unspecified atom stereocenters. The van der Waals surface area contributed by atoms with Gasteiger partial charge >= 0.3 is 0 Å². The normalized spacial score (nSPS) is 11.1. The van der Waals surface area contributed by atoms with Crippen molar-refractivity contribution in [2.45, 2.75) is 6.92 Å². The number of nitrogens with one attached hydrogen (secondary N) is 1. The average Bonchev–Trinajstić information content (AvgIpc) is 2.79. The molecule has 166 valence electrons. The van der Waals surface area contributed by atoms with E-state index in [2.05, 4.69) is 47.3 Å². The van der Waals surface area contributed by atoms with Crippen molar-refractivity contribution in [2.75, 3.05) is 11.9 Å². The van der Waals surface area contributed by atoms with Gasteiger partial charge < -0.3 is 10.1 Å². The number of hydrogen-bond donors (Lipinski definition) is 1. The van der Waals surface area contributed by atoms with Gasteiger partial charge in [-0.25, -0.2) is 4.98 Å². The summed E-state index contributed by atoms with van der Waals surface area (Å²) in [5, 5.41) is 7.57. The van der Waals surface area contributed by atoms with Gasteiger partial charge in [0.25, 0.3) is 11.5 Å². The van der Waals surface area contributed by atoms with Crippen molar-refractivity contribution in [3.05, 3.63) is 97.4 Å². The Labute approximate surface area is 206 Å². The molecular weight excluding hydrogens is 552 g/mol. The van der Waals surface area contributed by atoms with Crippen molar-refractivity contribution < 1.29 is 9.53 Å². The highest BCUT2D eigenvalue weighted by Crippen LogP contribution is 2.25. The number of para-hydroxylation sites is 1. The summed E-state index contributed by atoms with van der Waals surface area (Å²) in [6, 6.07) is 19.8. The van der Waals surface area contributed by atoms with Crippen molar-refractivity contribution in [3.8, 4) is 5.75 Å². The van der Waals surface area contributed by atoms with Crippen LogP contribution in [0.25, 0.3) is 10.9 Å². The predicted molar refractivity (Wildman–Crippen MR) is 136 cm³/mol. The summed E-state index contributed by atoms with van der Waals surface area (Å²) in [4.78, 5) is 29.4. The molecule has 1 aromatic heterocycles. The Bertz CT molecular complexity index is 1420.